The molecule has 0 amide bonds. The van der Waals surface area contributed by atoms with Crippen LogP contribution in [0.2, 0.25) is 0 Å². The standard InChI is InChI=1S/C9H16N2O3S/c1-3-5-11(6-7-12)15(13,14)9(4-2)8-10/h3,9,12H,1,4-7H2,2H3. The lowest BCUT2D eigenvalue weighted by Gasteiger charge is -2.21. The minimum absolute atomic E-state index is 0.00741. The van der Waals surface area contributed by atoms with Crippen LogP contribution in [0.4, 0.5) is 0 Å². The Morgan fingerprint density at radius 3 is 2.60 bits per heavy atom. The van der Waals surface area contributed by atoms with E-state index in [1.54, 1.807) is 13.0 Å². The van der Waals surface area contributed by atoms with Gasteiger partial charge in [-0.05, 0) is 6.42 Å². The van der Waals surface area contributed by atoms with Gasteiger partial charge in [0.25, 0.3) is 0 Å². The van der Waals surface area contributed by atoms with Crippen molar-refractivity contribution in [2.24, 2.45) is 0 Å². The van der Waals surface area contributed by atoms with Crippen molar-refractivity contribution < 1.29 is 13.5 Å². The van der Waals surface area contributed by atoms with E-state index in [0.717, 1.165) is 4.31 Å². The Balaban J connectivity index is 4.93. The van der Waals surface area contributed by atoms with E-state index in [4.69, 9.17) is 10.4 Å². The molecular formula is C9H16N2O3S. The molecule has 0 rings (SSSR count). The zero-order chi connectivity index (χ0) is 11.9. The molecule has 0 heterocycles. The third-order valence-corrected chi connectivity index (χ3v) is 4.13. The summed E-state index contributed by atoms with van der Waals surface area (Å²) in [6.45, 7) is 4.91. The van der Waals surface area contributed by atoms with Gasteiger partial charge in [0.1, 0.15) is 0 Å². The quantitative estimate of drug-likeness (QED) is 0.631. The van der Waals surface area contributed by atoms with Gasteiger partial charge in [0, 0.05) is 13.1 Å². The van der Waals surface area contributed by atoms with Crippen LogP contribution in [0, 0.1) is 11.3 Å². The molecule has 0 radical (unpaired) electrons. The summed E-state index contributed by atoms with van der Waals surface area (Å²) in [5.74, 6) is 0. The second-order valence-corrected chi connectivity index (χ2v) is 5.06. The van der Waals surface area contributed by atoms with E-state index in [1.807, 2.05) is 0 Å². The Labute approximate surface area is 90.7 Å². The number of aliphatic hydroxyl groups excluding tert-OH is 1. The van der Waals surface area contributed by atoms with Crippen molar-refractivity contribution in [2.45, 2.75) is 18.6 Å². The van der Waals surface area contributed by atoms with Gasteiger partial charge in [-0.2, -0.15) is 9.57 Å². The van der Waals surface area contributed by atoms with Crippen molar-refractivity contribution >= 4 is 10.0 Å². The Morgan fingerprint density at radius 1 is 1.67 bits per heavy atom. The van der Waals surface area contributed by atoms with Gasteiger partial charge in [-0.1, -0.05) is 13.0 Å². The van der Waals surface area contributed by atoms with Crippen molar-refractivity contribution in [1.29, 1.82) is 5.26 Å². The molecule has 0 aromatic rings. The van der Waals surface area contributed by atoms with E-state index in [0.29, 0.717) is 0 Å². The van der Waals surface area contributed by atoms with Gasteiger partial charge in [0.2, 0.25) is 10.0 Å². The third kappa shape index (κ3) is 3.63. The molecule has 1 unspecified atom stereocenters. The largest absolute Gasteiger partial charge is 0.395 e. The first-order valence-electron chi connectivity index (χ1n) is 4.64. The minimum atomic E-state index is -3.65. The van der Waals surface area contributed by atoms with Crippen molar-refractivity contribution in [1.82, 2.24) is 4.31 Å². The van der Waals surface area contributed by atoms with Gasteiger partial charge in [0.15, 0.2) is 5.25 Å². The zero-order valence-corrected chi connectivity index (χ0v) is 9.57. The van der Waals surface area contributed by atoms with Crippen LogP contribution >= 0.6 is 0 Å². The number of rotatable bonds is 7. The monoisotopic (exact) mass is 232 g/mol. The molecular weight excluding hydrogens is 216 g/mol. The first-order valence-corrected chi connectivity index (χ1v) is 6.15. The van der Waals surface area contributed by atoms with Crippen LogP contribution in [0.15, 0.2) is 12.7 Å². The molecule has 0 aliphatic heterocycles. The van der Waals surface area contributed by atoms with E-state index in [9.17, 15) is 8.42 Å². The maximum Gasteiger partial charge on any atom is 0.230 e. The predicted molar refractivity (Wildman–Crippen MR) is 57.5 cm³/mol. The molecule has 0 aromatic carbocycles. The van der Waals surface area contributed by atoms with E-state index in [1.165, 1.54) is 6.08 Å². The lowest BCUT2D eigenvalue weighted by molar-refractivity contribution is 0.259. The number of hydrogen-bond acceptors (Lipinski definition) is 4. The highest BCUT2D eigenvalue weighted by Crippen LogP contribution is 2.11. The lowest BCUT2D eigenvalue weighted by Crippen LogP contribution is -2.39. The molecule has 0 aliphatic rings. The molecule has 0 fully saturated rings. The lowest BCUT2D eigenvalue weighted by atomic mass is 10.4. The molecule has 0 saturated carbocycles. The molecule has 6 heteroatoms. The smallest absolute Gasteiger partial charge is 0.230 e. The van der Waals surface area contributed by atoms with Gasteiger partial charge in [0.05, 0.1) is 12.7 Å². The predicted octanol–water partition coefficient (Wildman–Crippen LogP) is 0.0987. The first kappa shape index (κ1) is 14.1. The maximum absolute atomic E-state index is 11.8. The van der Waals surface area contributed by atoms with Crippen LogP contribution < -0.4 is 0 Å². The third-order valence-electron chi connectivity index (χ3n) is 1.92. The second kappa shape index (κ2) is 6.56. The highest BCUT2D eigenvalue weighted by molar-refractivity contribution is 7.90. The van der Waals surface area contributed by atoms with E-state index < -0.39 is 15.3 Å². The summed E-state index contributed by atoms with van der Waals surface area (Å²) >= 11 is 0. The van der Waals surface area contributed by atoms with Crippen LogP contribution in [0.25, 0.3) is 0 Å². The van der Waals surface area contributed by atoms with Crippen LogP contribution in [-0.2, 0) is 10.0 Å². The van der Waals surface area contributed by atoms with Gasteiger partial charge >= 0.3 is 0 Å². The fraction of sp³-hybridized carbons (Fsp3) is 0.667. The van der Waals surface area contributed by atoms with Crippen molar-refractivity contribution in [3.63, 3.8) is 0 Å². The average Bonchev–Trinajstić information content (AvgIpc) is 2.19. The SMILES string of the molecule is C=CCN(CCO)S(=O)(=O)C(C#N)CC. The van der Waals surface area contributed by atoms with Crippen molar-refractivity contribution in [3.05, 3.63) is 12.7 Å². The minimum Gasteiger partial charge on any atom is -0.395 e. The second-order valence-electron chi connectivity index (χ2n) is 2.94. The Kier molecular flexibility index (Phi) is 6.17. The molecule has 0 spiro atoms. The summed E-state index contributed by atoms with van der Waals surface area (Å²) < 4.78 is 24.7. The van der Waals surface area contributed by atoms with Gasteiger partial charge in [-0.3, -0.25) is 0 Å². The first-order chi connectivity index (χ1) is 7.04. The molecule has 1 atom stereocenters. The molecule has 86 valence electrons. The average molecular weight is 232 g/mol. The number of aliphatic hydroxyl groups is 1. The summed E-state index contributed by atoms with van der Waals surface area (Å²) in [5.41, 5.74) is 0. The van der Waals surface area contributed by atoms with Crippen molar-refractivity contribution in [3.8, 4) is 6.07 Å². The molecule has 5 nitrogen and oxygen atoms in total. The summed E-state index contributed by atoms with van der Waals surface area (Å²) in [5, 5.41) is 16.4. The highest BCUT2D eigenvalue weighted by Gasteiger charge is 2.29. The highest BCUT2D eigenvalue weighted by atomic mass is 32.2. The number of nitriles is 1. The maximum atomic E-state index is 11.8. The van der Waals surface area contributed by atoms with E-state index in [2.05, 4.69) is 6.58 Å². The van der Waals surface area contributed by atoms with Crippen molar-refractivity contribution in [2.75, 3.05) is 19.7 Å². The molecule has 0 aromatic heterocycles. The fourth-order valence-corrected chi connectivity index (χ4v) is 2.69. The molecule has 0 aliphatic carbocycles. The molecule has 15 heavy (non-hydrogen) atoms. The van der Waals surface area contributed by atoms with Gasteiger partial charge in [-0.15, -0.1) is 6.58 Å². The fourth-order valence-electron chi connectivity index (χ4n) is 1.13. The summed E-state index contributed by atoms with van der Waals surface area (Å²) in [6, 6.07) is 1.74. The molecule has 0 saturated heterocycles. The Bertz CT molecular complexity index is 332. The van der Waals surface area contributed by atoms with E-state index in [-0.39, 0.29) is 26.1 Å². The summed E-state index contributed by atoms with van der Waals surface area (Å²) in [6.07, 6.45) is 1.66. The topological polar surface area (TPSA) is 81.4 Å². The van der Waals surface area contributed by atoms with Gasteiger partial charge in [-0.25, -0.2) is 8.42 Å². The number of hydrogen-bond donors (Lipinski definition) is 1. The van der Waals surface area contributed by atoms with Gasteiger partial charge < -0.3 is 5.11 Å². The zero-order valence-electron chi connectivity index (χ0n) is 8.76. The normalized spacial score (nSPS) is 13.5. The summed E-state index contributed by atoms with van der Waals surface area (Å²) in [4.78, 5) is 0. The van der Waals surface area contributed by atoms with Crippen LogP contribution in [0.3, 0.4) is 0 Å². The number of nitrogens with zero attached hydrogens (tertiary/aromatic N) is 2. The van der Waals surface area contributed by atoms with Crippen LogP contribution in [0.5, 0.6) is 0 Å². The Morgan fingerprint density at radius 2 is 2.27 bits per heavy atom. The Hall–Kier alpha value is -0.900. The van der Waals surface area contributed by atoms with E-state index >= 15 is 0 Å². The number of sulfonamides is 1. The van der Waals surface area contributed by atoms with Crippen LogP contribution in [-0.4, -0.2) is 42.8 Å². The molecule has 0 bridgehead atoms. The van der Waals surface area contributed by atoms with Crippen LogP contribution in [0.1, 0.15) is 13.3 Å². The molecule has 1 N–H and O–H groups in total. The summed E-state index contributed by atoms with van der Waals surface area (Å²) in [7, 11) is -3.65.